The van der Waals surface area contributed by atoms with Crippen LogP contribution in [0.15, 0.2) is 19.6 Å². The van der Waals surface area contributed by atoms with E-state index >= 15 is 0 Å². The Kier molecular flexibility index (Phi) is 3.07. The molecule has 1 aliphatic rings. The molecule has 0 saturated heterocycles. The predicted octanol–water partition coefficient (Wildman–Crippen LogP) is 3.53. The summed E-state index contributed by atoms with van der Waals surface area (Å²) >= 11 is 23.5. The fourth-order valence-electron chi connectivity index (χ4n) is 0.362. The van der Waals surface area contributed by atoms with E-state index in [0.29, 0.717) is 9.52 Å². The van der Waals surface area contributed by atoms with E-state index in [2.05, 4.69) is 4.72 Å². The highest BCUT2D eigenvalue weighted by Crippen LogP contribution is 2.38. The van der Waals surface area contributed by atoms with Crippen LogP contribution in [-0.4, -0.2) is 0 Å². The van der Waals surface area contributed by atoms with Crippen molar-refractivity contribution in [3.63, 3.8) is 0 Å². The van der Waals surface area contributed by atoms with Gasteiger partial charge in [0.1, 0.15) is 9.52 Å². The predicted molar refractivity (Wildman–Crippen MR) is 48.2 cm³/mol. The average Bonchev–Trinajstić information content (AvgIpc) is 1.93. The van der Waals surface area contributed by atoms with Gasteiger partial charge in [0.25, 0.3) is 0 Å². The van der Waals surface area contributed by atoms with E-state index in [4.69, 9.17) is 46.4 Å². The molecular formula is C4HCl4NS. The molecule has 0 aromatic carbocycles. The third-order valence-electron chi connectivity index (χ3n) is 0.788. The molecule has 1 N–H and O–H groups in total. The van der Waals surface area contributed by atoms with Crippen LogP contribution < -0.4 is 4.72 Å². The number of hydrogen-bond donors (Lipinski definition) is 1. The summed E-state index contributed by atoms with van der Waals surface area (Å²) in [5.41, 5.74) is 0. The van der Waals surface area contributed by atoms with E-state index in [1.807, 2.05) is 0 Å². The van der Waals surface area contributed by atoms with Gasteiger partial charge in [0.15, 0.2) is 0 Å². The number of hydrogen-bond acceptors (Lipinski definition) is 2. The number of nitrogens with one attached hydrogen (secondary N) is 1. The summed E-state index contributed by atoms with van der Waals surface area (Å²) in [6, 6.07) is 0. The molecule has 0 spiro atoms. The fraction of sp³-hybridized carbons (Fsp3) is 0. The molecule has 56 valence electrons. The van der Waals surface area contributed by atoms with E-state index in [9.17, 15) is 0 Å². The van der Waals surface area contributed by atoms with Gasteiger partial charge in [-0.1, -0.05) is 46.4 Å². The summed E-state index contributed by atoms with van der Waals surface area (Å²) in [6.07, 6.45) is 0. The van der Waals surface area contributed by atoms with E-state index < -0.39 is 0 Å². The summed E-state index contributed by atoms with van der Waals surface area (Å²) in [5, 5.41) is 0.852. The van der Waals surface area contributed by atoms with Crippen LogP contribution in [0, 0.1) is 0 Å². The van der Waals surface area contributed by atoms with Crippen LogP contribution in [0.5, 0.6) is 0 Å². The first-order valence-corrected chi connectivity index (χ1v) is 4.49. The van der Waals surface area contributed by atoms with Crippen LogP contribution >= 0.6 is 58.4 Å². The minimum Gasteiger partial charge on any atom is -0.314 e. The molecule has 0 saturated carbocycles. The van der Waals surface area contributed by atoms with E-state index in [1.54, 1.807) is 0 Å². The molecule has 0 unspecified atom stereocenters. The van der Waals surface area contributed by atoms with Crippen molar-refractivity contribution in [2.45, 2.75) is 0 Å². The second kappa shape index (κ2) is 3.46. The maximum Gasteiger partial charge on any atom is 0.132 e. The SMILES string of the molecule is ClC1=C(Cl)C(Cl)=C(Cl)SN1. The topological polar surface area (TPSA) is 12.0 Å². The lowest BCUT2D eigenvalue weighted by Crippen LogP contribution is -2.04. The van der Waals surface area contributed by atoms with Crippen molar-refractivity contribution in [1.82, 2.24) is 4.72 Å². The summed E-state index contributed by atoms with van der Waals surface area (Å²) in [6.45, 7) is 0. The Morgan fingerprint density at radius 3 is 2.10 bits per heavy atom. The highest BCUT2D eigenvalue weighted by molar-refractivity contribution is 8.03. The van der Waals surface area contributed by atoms with Crippen LogP contribution in [0.4, 0.5) is 0 Å². The van der Waals surface area contributed by atoms with Gasteiger partial charge in [-0.3, -0.25) is 0 Å². The molecular weight excluding hydrogens is 236 g/mol. The van der Waals surface area contributed by atoms with Crippen molar-refractivity contribution >= 4 is 58.4 Å². The Morgan fingerprint density at radius 1 is 1.00 bits per heavy atom. The minimum absolute atomic E-state index is 0.257. The molecule has 10 heavy (non-hydrogen) atoms. The average molecular weight is 237 g/mol. The normalized spacial score (nSPS) is 19.6. The lowest BCUT2D eigenvalue weighted by atomic mass is 10.6. The Bertz CT molecular complexity index is 197. The van der Waals surface area contributed by atoms with Gasteiger partial charge in [-0.25, -0.2) is 0 Å². The lowest BCUT2D eigenvalue weighted by molar-refractivity contribution is 1.34. The Morgan fingerprint density at radius 2 is 1.60 bits per heavy atom. The first-order chi connectivity index (χ1) is 4.63. The summed E-state index contributed by atoms with van der Waals surface area (Å²) in [7, 11) is 0. The molecule has 0 bridgehead atoms. The van der Waals surface area contributed by atoms with Crippen molar-refractivity contribution in [1.29, 1.82) is 0 Å². The van der Waals surface area contributed by atoms with Crippen LogP contribution in [0.1, 0.15) is 0 Å². The van der Waals surface area contributed by atoms with Crippen molar-refractivity contribution in [2.24, 2.45) is 0 Å². The van der Waals surface area contributed by atoms with Gasteiger partial charge in [0, 0.05) is 0 Å². The van der Waals surface area contributed by atoms with Gasteiger partial charge in [0.05, 0.1) is 10.1 Å². The number of allylic oxidation sites excluding steroid dienone is 2. The Labute approximate surface area is 82.5 Å². The highest BCUT2D eigenvalue weighted by atomic mass is 35.5. The molecule has 0 aromatic rings. The molecule has 0 amide bonds. The Hall–Kier alpha value is 0.790. The zero-order valence-corrected chi connectivity index (χ0v) is 8.26. The zero-order chi connectivity index (χ0) is 7.72. The summed E-state index contributed by atoms with van der Waals surface area (Å²) in [4.78, 5) is 0. The zero-order valence-electron chi connectivity index (χ0n) is 4.42. The highest BCUT2D eigenvalue weighted by Gasteiger charge is 2.16. The molecule has 1 heterocycles. The molecule has 0 aromatic heterocycles. The van der Waals surface area contributed by atoms with Gasteiger partial charge in [-0.05, 0) is 11.9 Å². The molecule has 0 aliphatic carbocycles. The van der Waals surface area contributed by atoms with Gasteiger partial charge in [-0.15, -0.1) is 0 Å². The smallest absolute Gasteiger partial charge is 0.132 e. The van der Waals surface area contributed by atoms with Crippen molar-refractivity contribution < 1.29 is 0 Å². The second-order valence-corrected chi connectivity index (χ2v) is 3.97. The van der Waals surface area contributed by atoms with Gasteiger partial charge >= 0.3 is 0 Å². The molecule has 0 radical (unpaired) electrons. The van der Waals surface area contributed by atoms with E-state index in [0.717, 1.165) is 11.9 Å². The molecule has 1 nitrogen and oxygen atoms in total. The number of halogens is 4. The molecule has 1 aliphatic heterocycles. The first kappa shape index (κ1) is 8.88. The molecule has 6 heteroatoms. The van der Waals surface area contributed by atoms with Crippen LogP contribution in [-0.2, 0) is 0 Å². The van der Waals surface area contributed by atoms with E-state index in [1.165, 1.54) is 0 Å². The van der Waals surface area contributed by atoms with Gasteiger partial charge < -0.3 is 4.72 Å². The molecule has 1 rings (SSSR count). The van der Waals surface area contributed by atoms with Gasteiger partial charge in [0.2, 0.25) is 0 Å². The Balaban J connectivity index is 3.01. The van der Waals surface area contributed by atoms with Crippen molar-refractivity contribution in [3.05, 3.63) is 19.6 Å². The van der Waals surface area contributed by atoms with E-state index in [-0.39, 0.29) is 10.1 Å². The van der Waals surface area contributed by atoms with Crippen LogP contribution in [0.2, 0.25) is 0 Å². The number of rotatable bonds is 0. The molecule has 0 fully saturated rings. The second-order valence-electron chi connectivity index (χ2n) is 1.42. The third kappa shape index (κ3) is 1.69. The fourth-order valence-corrected chi connectivity index (χ4v) is 1.82. The maximum atomic E-state index is 5.63. The minimum atomic E-state index is 0.257. The standard InChI is InChI=1S/C4HCl4NS/c5-1-2(6)4(8)10-9-3(1)7/h9H. The lowest BCUT2D eigenvalue weighted by Gasteiger charge is -2.11. The monoisotopic (exact) mass is 235 g/mol. The van der Waals surface area contributed by atoms with Crippen LogP contribution in [0.25, 0.3) is 0 Å². The largest absolute Gasteiger partial charge is 0.314 e. The summed E-state index contributed by atoms with van der Waals surface area (Å²) < 4.78 is 3.07. The summed E-state index contributed by atoms with van der Waals surface area (Å²) in [5.74, 6) is 0. The van der Waals surface area contributed by atoms with Gasteiger partial charge in [-0.2, -0.15) is 0 Å². The maximum absolute atomic E-state index is 5.63. The van der Waals surface area contributed by atoms with Crippen molar-refractivity contribution in [3.8, 4) is 0 Å². The molecule has 0 atom stereocenters. The van der Waals surface area contributed by atoms with Crippen LogP contribution in [0.3, 0.4) is 0 Å². The quantitative estimate of drug-likeness (QED) is 0.510. The van der Waals surface area contributed by atoms with Crippen molar-refractivity contribution in [2.75, 3.05) is 0 Å². The first-order valence-electron chi connectivity index (χ1n) is 2.16. The third-order valence-corrected chi connectivity index (χ3v) is 3.45.